The van der Waals surface area contributed by atoms with Crippen LogP contribution < -0.4 is 5.32 Å². The first-order valence-corrected chi connectivity index (χ1v) is 6.61. The molecule has 0 spiro atoms. The molecule has 1 heterocycles. The van der Waals surface area contributed by atoms with E-state index in [0.29, 0.717) is 11.3 Å². The minimum atomic E-state index is 0.525. The molecule has 1 aromatic heterocycles. The molecule has 3 heteroatoms. The van der Waals surface area contributed by atoms with Crippen LogP contribution in [-0.4, -0.2) is 6.04 Å². The van der Waals surface area contributed by atoms with Gasteiger partial charge in [-0.25, -0.2) is 0 Å². The highest BCUT2D eigenvalue weighted by Gasteiger charge is 2.17. The third kappa shape index (κ3) is 2.20. The van der Waals surface area contributed by atoms with Crippen LogP contribution in [0, 0.1) is 0 Å². The van der Waals surface area contributed by atoms with Crippen LogP contribution in [-0.2, 0) is 6.54 Å². The van der Waals surface area contributed by atoms with Crippen molar-refractivity contribution in [2.45, 2.75) is 38.3 Å². The third-order valence-corrected chi connectivity index (χ3v) is 3.88. The van der Waals surface area contributed by atoms with Gasteiger partial charge in [-0.15, -0.1) is 0 Å². The Morgan fingerprint density at radius 1 is 1.24 bits per heavy atom. The van der Waals surface area contributed by atoms with Crippen molar-refractivity contribution in [3.05, 3.63) is 35.0 Å². The average molecular weight is 250 g/mol. The first-order valence-electron chi connectivity index (χ1n) is 6.24. The Bertz CT molecular complexity index is 514. The molecule has 1 saturated carbocycles. The van der Waals surface area contributed by atoms with Crippen molar-refractivity contribution >= 4 is 22.6 Å². The summed E-state index contributed by atoms with van der Waals surface area (Å²) < 4.78 is 5.54. The van der Waals surface area contributed by atoms with Crippen LogP contribution >= 0.6 is 11.6 Å². The molecule has 2 nitrogen and oxygen atoms in total. The number of furan rings is 1. The molecule has 0 unspecified atom stereocenters. The molecule has 0 amide bonds. The van der Waals surface area contributed by atoms with Gasteiger partial charge in [-0.2, -0.15) is 0 Å². The molecule has 0 bridgehead atoms. The predicted molar refractivity (Wildman–Crippen MR) is 70.3 cm³/mol. The van der Waals surface area contributed by atoms with Crippen molar-refractivity contribution in [1.29, 1.82) is 0 Å². The number of fused-ring (bicyclic) bond motifs is 1. The largest absolute Gasteiger partial charge is 0.444 e. The van der Waals surface area contributed by atoms with Crippen LogP contribution in [0.5, 0.6) is 0 Å². The maximum absolute atomic E-state index is 6.15. The Balaban J connectivity index is 1.81. The molecule has 90 valence electrons. The summed E-state index contributed by atoms with van der Waals surface area (Å²) in [4.78, 5) is 0. The Morgan fingerprint density at radius 3 is 2.82 bits per heavy atom. The molecule has 3 rings (SSSR count). The Morgan fingerprint density at radius 2 is 2.00 bits per heavy atom. The monoisotopic (exact) mass is 249 g/mol. The zero-order valence-corrected chi connectivity index (χ0v) is 10.5. The van der Waals surface area contributed by atoms with E-state index in [0.717, 1.165) is 23.1 Å². The summed E-state index contributed by atoms with van der Waals surface area (Å²) in [5.74, 6) is 0. The van der Waals surface area contributed by atoms with Crippen LogP contribution in [0.4, 0.5) is 0 Å². The van der Waals surface area contributed by atoms with Crippen molar-refractivity contribution < 1.29 is 4.42 Å². The number of hydrogen-bond donors (Lipinski definition) is 1. The lowest BCUT2D eigenvalue weighted by Crippen LogP contribution is -2.25. The van der Waals surface area contributed by atoms with Gasteiger partial charge in [0.05, 0.1) is 0 Å². The Kier molecular flexibility index (Phi) is 3.08. The first kappa shape index (κ1) is 11.1. The van der Waals surface area contributed by atoms with Gasteiger partial charge in [-0.3, -0.25) is 0 Å². The van der Waals surface area contributed by atoms with Crippen molar-refractivity contribution in [3.8, 4) is 0 Å². The Labute approximate surface area is 106 Å². The zero-order valence-electron chi connectivity index (χ0n) is 9.71. The van der Waals surface area contributed by atoms with E-state index in [9.17, 15) is 0 Å². The van der Waals surface area contributed by atoms with E-state index in [1.54, 1.807) is 0 Å². The molecule has 1 fully saturated rings. The van der Waals surface area contributed by atoms with Gasteiger partial charge in [-0.1, -0.05) is 31.0 Å². The molecule has 1 aliphatic carbocycles. The SMILES string of the molecule is Clc1oc2ccccc2c1CNC1CCCC1. The fourth-order valence-electron chi connectivity index (χ4n) is 2.61. The molecule has 1 aliphatic rings. The lowest BCUT2D eigenvalue weighted by molar-refractivity contribution is 0.520. The lowest BCUT2D eigenvalue weighted by Gasteiger charge is -2.10. The molecule has 2 aromatic rings. The highest BCUT2D eigenvalue weighted by molar-refractivity contribution is 6.30. The maximum atomic E-state index is 6.15. The van der Waals surface area contributed by atoms with E-state index >= 15 is 0 Å². The van der Waals surface area contributed by atoms with Gasteiger partial charge in [0, 0.05) is 23.5 Å². The molecular formula is C14H16ClNO. The molecule has 1 N–H and O–H groups in total. The second kappa shape index (κ2) is 4.71. The zero-order chi connectivity index (χ0) is 11.7. The van der Waals surface area contributed by atoms with Crippen molar-refractivity contribution in [2.75, 3.05) is 0 Å². The Hall–Kier alpha value is -0.990. The van der Waals surface area contributed by atoms with Gasteiger partial charge >= 0.3 is 0 Å². The summed E-state index contributed by atoms with van der Waals surface area (Å²) in [6.07, 6.45) is 5.26. The number of benzene rings is 1. The molecule has 0 aliphatic heterocycles. The van der Waals surface area contributed by atoms with Crippen LogP contribution in [0.3, 0.4) is 0 Å². The lowest BCUT2D eigenvalue weighted by atomic mass is 10.1. The third-order valence-electron chi connectivity index (χ3n) is 3.57. The molecular weight excluding hydrogens is 234 g/mol. The smallest absolute Gasteiger partial charge is 0.199 e. The quantitative estimate of drug-likeness (QED) is 0.885. The number of rotatable bonds is 3. The minimum Gasteiger partial charge on any atom is -0.444 e. The first-order chi connectivity index (χ1) is 8.34. The highest BCUT2D eigenvalue weighted by Crippen LogP contribution is 2.30. The standard InChI is InChI=1S/C14H16ClNO/c15-14-12(9-16-10-5-1-2-6-10)11-7-3-4-8-13(11)17-14/h3-4,7-8,10,16H,1-2,5-6,9H2. The average Bonchev–Trinajstić information content (AvgIpc) is 2.93. The minimum absolute atomic E-state index is 0.525. The second-order valence-electron chi connectivity index (χ2n) is 4.71. The van der Waals surface area contributed by atoms with Crippen molar-refractivity contribution in [3.63, 3.8) is 0 Å². The van der Waals surface area contributed by atoms with Crippen LogP contribution in [0.2, 0.25) is 5.22 Å². The second-order valence-corrected chi connectivity index (χ2v) is 5.06. The van der Waals surface area contributed by atoms with Crippen molar-refractivity contribution in [2.24, 2.45) is 0 Å². The maximum Gasteiger partial charge on any atom is 0.199 e. The summed E-state index contributed by atoms with van der Waals surface area (Å²) in [5.41, 5.74) is 1.97. The number of para-hydroxylation sites is 1. The molecule has 0 saturated heterocycles. The van der Waals surface area contributed by atoms with E-state index in [2.05, 4.69) is 11.4 Å². The van der Waals surface area contributed by atoms with Gasteiger partial charge in [0.1, 0.15) is 5.58 Å². The van der Waals surface area contributed by atoms with Gasteiger partial charge in [0.15, 0.2) is 5.22 Å². The summed E-state index contributed by atoms with van der Waals surface area (Å²) in [7, 11) is 0. The van der Waals surface area contributed by atoms with Crippen molar-refractivity contribution in [1.82, 2.24) is 5.32 Å². The van der Waals surface area contributed by atoms with E-state index < -0.39 is 0 Å². The predicted octanol–water partition coefficient (Wildman–Crippen LogP) is 4.12. The van der Waals surface area contributed by atoms with E-state index in [1.807, 2.05) is 18.2 Å². The van der Waals surface area contributed by atoms with Gasteiger partial charge in [0.25, 0.3) is 0 Å². The summed E-state index contributed by atoms with van der Waals surface area (Å²) in [6, 6.07) is 8.67. The molecule has 1 aromatic carbocycles. The summed E-state index contributed by atoms with van der Waals surface area (Å²) >= 11 is 6.15. The highest BCUT2D eigenvalue weighted by atomic mass is 35.5. The van der Waals surface area contributed by atoms with Gasteiger partial charge < -0.3 is 9.73 Å². The number of hydrogen-bond acceptors (Lipinski definition) is 2. The summed E-state index contributed by atoms with van der Waals surface area (Å²) in [5, 5.41) is 5.23. The van der Waals surface area contributed by atoms with E-state index in [4.69, 9.17) is 16.0 Å². The van der Waals surface area contributed by atoms with E-state index in [1.165, 1.54) is 25.7 Å². The van der Waals surface area contributed by atoms with Gasteiger partial charge in [0.2, 0.25) is 0 Å². The van der Waals surface area contributed by atoms with Crippen LogP contribution in [0.15, 0.2) is 28.7 Å². The topological polar surface area (TPSA) is 25.2 Å². The molecule has 0 atom stereocenters. The number of nitrogens with one attached hydrogen (secondary N) is 1. The normalized spacial score (nSPS) is 17.0. The number of halogens is 1. The fourth-order valence-corrected chi connectivity index (χ4v) is 2.86. The molecule has 17 heavy (non-hydrogen) atoms. The molecule has 0 radical (unpaired) electrons. The summed E-state index contributed by atoms with van der Waals surface area (Å²) in [6.45, 7) is 0.806. The fraction of sp³-hybridized carbons (Fsp3) is 0.429. The van der Waals surface area contributed by atoms with Crippen LogP contribution in [0.1, 0.15) is 31.2 Å². The van der Waals surface area contributed by atoms with Gasteiger partial charge in [-0.05, 0) is 30.5 Å². The van der Waals surface area contributed by atoms with E-state index in [-0.39, 0.29) is 0 Å². The van der Waals surface area contributed by atoms with Crippen LogP contribution in [0.25, 0.3) is 11.0 Å².